The van der Waals surface area contributed by atoms with Crippen LogP contribution in [0.25, 0.3) is 0 Å². The summed E-state index contributed by atoms with van der Waals surface area (Å²) in [5, 5.41) is 0. The zero-order valence-electron chi connectivity index (χ0n) is 20.1. The topological polar surface area (TPSA) is 11.3 Å². The molecule has 0 radical (unpaired) electrons. The van der Waals surface area contributed by atoms with E-state index in [9.17, 15) is 25.2 Å². The molecule has 0 bridgehead atoms. The van der Waals surface area contributed by atoms with Crippen LogP contribution in [-0.4, -0.2) is 0 Å². The number of unbranched alkanes of at least 4 members (excludes halogenated alkanes) is 14. The molecule has 1 aromatic rings. The molecule has 0 spiro atoms. The van der Waals surface area contributed by atoms with E-state index in [2.05, 4.69) is 26.0 Å². The molecule has 0 amide bonds. The van der Waals surface area contributed by atoms with E-state index in [0.29, 0.717) is 0 Å². The zero-order chi connectivity index (χ0) is 24.6. The second-order valence-electron chi connectivity index (χ2n) is 8.87. The molecule has 1 nitrogen and oxygen atoms in total. The fourth-order valence-corrected chi connectivity index (χ4v) is 3.68. The number of hydrogen-bond donors (Lipinski definition) is 0. The Labute approximate surface area is 190 Å². The van der Waals surface area contributed by atoms with Crippen molar-refractivity contribution < 1.29 is 29.6 Å². The zero-order valence-corrected chi connectivity index (χ0v) is 21.0. The third-order valence-corrected chi connectivity index (χ3v) is 5.14. The van der Waals surface area contributed by atoms with Crippen molar-refractivity contribution in [3.63, 3.8) is 0 Å². The molecule has 0 atom stereocenters. The Hall–Kier alpha value is -0.840. The van der Waals surface area contributed by atoms with Crippen molar-refractivity contribution in [2.45, 2.75) is 124 Å². The molecule has 192 valence electrons. The SMILES string of the molecule is CCCCCCCCCCCCCCCCCc1cc(C)cc(C)[o+]1.F[P-](F)(F)(F)(F)F. The van der Waals surface area contributed by atoms with Gasteiger partial charge in [0.05, 0.1) is 13.3 Å². The first-order valence-electron chi connectivity index (χ1n) is 12.1. The van der Waals surface area contributed by atoms with Gasteiger partial charge in [-0.3, -0.25) is 0 Å². The molecule has 0 N–H and O–H groups in total. The van der Waals surface area contributed by atoms with Crippen LogP contribution in [0.4, 0.5) is 25.2 Å². The maximum absolute atomic E-state index is 10.7. The van der Waals surface area contributed by atoms with Crippen molar-refractivity contribution >= 4 is 7.81 Å². The standard InChI is InChI=1S/C24H43O.F6P/c1-4-5-6-7-8-9-10-11-12-13-14-15-16-17-18-19-24-21-22(2)20-23(3)25-24;1-7(2,3,4,5)6/h20-21H,4-19H2,1-3H3;/q+1;-1. The van der Waals surface area contributed by atoms with Crippen LogP contribution >= 0.6 is 7.81 Å². The van der Waals surface area contributed by atoms with Gasteiger partial charge in [0.25, 0.3) is 0 Å². The quantitative estimate of drug-likeness (QED) is 0.0966. The van der Waals surface area contributed by atoms with Gasteiger partial charge < -0.3 is 0 Å². The molecule has 0 aromatic carbocycles. The molecular formula is C24H43F6OP. The molecule has 0 fully saturated rings. The monoisotopic (exact) mass is 492 g/mol. The average Bonchev–Trinajstić information content (AvgIpc) is 2.61. The average molecular weight is 493 g/mol. The van der Waals surface area contributed by atoms with Crippen LogP contribution in [0.15, 0.2) is 16.5 Å². The molecule has 0 aliphatic carbocycles. The summed E-state index contributed by atoms with van der Waals surface area (Å²) >= 11 is 0. The Bertz CT molecular complexity index is 585. The van der Waals surface area contributed by atoms with Crippen molar-refractivity contribution in [3.05, 3.63) is 29.2 Å². The molecular weight excluding hydrogens is 449 g/mol. The van der Waals surface area contributed by atoms with Gasteiger partial charge in [-0.2, -0.15) is 0 Å². The van der Waals surface area contributed by atoms with Crippen molar-refractivity contribution in [2.75, 3.05) is 0 Å². The minimum absolute atomic E-state index is 1.04. The number of halogens is 6. The Morgan fingerprint density at radius 2 is 0.938 bits per heavy atom. The minimum atomic E-state index is -10.7. The molecule has 1 rings (SSSR count). The third-order valence-electron chi connectivity index (χ3n) is 5.14. The Balaban J connectivity index is 0.00000118. The normalized spacial score (nSPS) is 13.8. The summed E-state index contributed by atoms with van der Waals surface area (Å²) in [4.78, 5) is 0. The second-order valence-corrected chi connectivity index (χ2v) is 10.8. The van der Waals surface area contributed by atoms with Gasteiger partial charge in [-0.1, -0.05) is 96.8 Å². The van der Waals surface area contributed by atoms with Crippen LogP contribution in [0.3, 0.4) is 0 Å². The fraction of sp³-hybridized carbons (Fsp3) is 0.792. The van der Waals surface area contributed by atoms with Crippen LogP contribution in [-0.2, 0) is 6.42 Å². The summed E-state index contributed by atoms with van der Waals surface area (Å²) in [6.07, 6.45) is 22.4. The van der Waals surface area contributed by atoms with Gasteiger partial charge in [0.1, 0.15) is 0 Å². The van der Waals surface area contributed by atoms with Crippen molar-refractivity contribution in [1.82, 2.24) is 0 Å². The van der Waals surface area contributed by atoms with Gasteiger partial charge in [-0.05, 0) is 18.9 Å². The molecule has 0 aliphatic heterocycles. The van der Waals surface area contributed by atoms with Gasteiger partial charge >= 0.3 is 44.5 Å². The Morgan fingerprint density at radius 3 is 1.28 bits per heavy atom. The van der Waals surface area contributed by atoms with Gasteiger partial charge in [0, 0.05) is 12.1 Å². The number of rotatable bonds is 16. The summed E-state index contributed by atoms with van der Waals surface area (Å²) < 4.78 is 65.0. The van der Waals surface area contributed by atoms with Gasteiger partial charge in [0.15, 0.2) is 0 Å². The van der Waals surface area contributed by atoms with Crippen LogP contribution in [0.5, 0.6) is 0 Å². The molecule has 1 aromatic heterocycles. The van der Waals surface area contributed by atoms with E-state index in [4.69, 9.17) is 4.42 Å². The van der Waals surface area contributed by atoms with E-state index in [-0.39, 0.29) is 0 Å². The summed E-state index contributed by atoms with van der Waals surface area (Å²) in [5.41, 5.74) is 1.32. The number of aryl methyl sites for hydroxylation is 3. The first kappa shape index (κ1) is 31.2. The van der Waals surface area contributed by atoms with E-state index in [0.717, 1.165) is 17.9 Å². The molecule has 0 saturated heterocycles. The van der Waals surface area contributed by atoms with Crippen LogP contribution < -0.4 is 0 Å². The van der Waals surface area contributed by atoms with E-state index in [1.807, 2.05) is 6.92 Å². The molecule has 0 unspecified atom stereocenters. The van der Waals surface area contributed by atoms with E-state index in [1.165, 1.54) is 102 Å². The summed E-state index contributed by atoms with van der Waals surface area (Å²) in [7, 11) is -10.7. The van der Waals surface area contributed by atoms with E-state index in [1.54, 1.807) is 0 Å². The second kappa shape index (κ2) is 14.4. The van der Waals surface area contributed by atoms with Crippen LogP contribution in [0.1, 0.15) is 120 Å². The predicted octanol–water partition coefficient (Wildman–Crippen LogP) is 12.0. The van der Waals surface area contributed by atoms with Crippen LogP contribution in [0.2, 0.25) is 0 Å². The number of hydrogen-bond acceptors (Lipinski definition) is 0. The van der Waals surface area contributed by atoms with Crippen molar-refractivity contribution in [3.8, 4) is 0 Å². The fourth-order valence-electron chi connectivity index (χ4n) is 3.68. The van der Waals surface area contributed by atoms with Crippen molar-refractivity contribution in [2.24, 2.45) is 0 Å². The van der Waals surface area contributed by atoms with Gasteiger partial charge in [-0.25, -0.2) is 4.42 Å². The van der Waals surface area contributed by atoms with Gasteiger partial charge in [0.2, 0.25) is 0 Å². The summed E-state index contributed by atoms with van der Waals surface area (Å²) in [5.74, 6) is 2.20. The maximum atomic E-state index is 9.87. The van der Waals surface area contributed by atoms with Gasteiger partial charge in [-0.15, -0.1) is 0 Å². The van der Waals surface area contributed by atoms with E-state index >= 15 is 0 Å². The predicted molar refractivity (Wildman–Crippen MR) is 125 cm³/mol. The Kier molecular flexibility index (Phi) is 14.0. The first-order chi connectivity index (χ1) is 14.7. The summed E-state index contributed by atoms with van der Waals surface area (Å²) in [6.45, 7) is 6.49. The van der Waals surface area contributed by atoms with Crippen molar-refractivity contribution in [1.29, 1.82) is 0 Å². The molecule has 0 saturated carbocycles. The first-order valence-corrected chi connectivity index (χ1v) is 14.2. The Morgan fingerprint density at radius 1 is 0.594 bits per heavy atom. The molecule has 1 heterocycles. The van der Waals surface area contributed by atoms with Crippen LogP contribution in [0, 0.1) is 13.8 Å². The summed E-state index contributed by atoms with van der Waals surface area (Å²) in [6, 6.07) is 4.30. The van der Waals surface area contributed by atoms with E-state index < -0.39 is 7.81 Å². The molecule has 32 heavy (non-hydrogen) atoms. The third kappa shape index (κ3) is 29.2. The molecule has 8 heteroatoms. The molecule has 0 aliphatic rings.